The normalized spacial score (nSPS) is 19.5. The van der Waals surface area contributed by atoms with Crippen molar-refractivity contribution in [2.45, 2.75) is 5.41 Å². The Hall–Kier alpha value is -2.86. The summed E-state index contributed by atoms with van der Waals surface area (Å²) in [6.45, 7) is 0.459. The number of fused-ring (bicyclic) bond motifs is 2. The molecule has 0 bridgehead atoms. The highest BCUT2D eigenvalue weighted by Crippen LogP contribution is 2.42. The lowest BCUT2D eigenvalue weighted by atomic mass is 9.77. The molecule has 106 valence electrons. The van der Waals surface area contributed by atoms with E-state index < -0.39 is 5.41 Å². The summed E-state index contributed by atoms with van der Waals surface area (Å²) >= 11 is 0. The van der Waals surface area contributed by atoms with Gasteiger partial charge in [0.15, 0.2) is 0 Å². The van der Waals surface area contributed by atoms with Gasteiger partial charge >= 0.3 is 0 Å². The van der Waals surface area contributed by atoms with Crippen LogP contribution in [0.3, 0.4) is 0 Å². The van der Waals surface area contributed by atoms with Crippen molar-refractivity contribution in [2.75, 3.05) is 11.9 Å². The second-order valence-electron chi connectivity index (χ2n) is 5.62. The molecule has 0 amide bonds. The zero-order chi connectivity index (χ0) is 15.2. The van der Waals surface area contributed by atoms with Gasteiger partial charge in [-0.3, -0.25) is 0 Å². The van der Waals surface area contributed by atoms with Crippen LogP contribution in [0.15, 0.2) is 60.7 Å². The number of nitrogens with zero attached hydrogens (tertiary/aromatic N) is 1. The Kier molecular flexibility index (Phi) is 2.67. The summed E-state index contributed by atoms with van der Waals surface area (Å²) in [5.41, 5.74) is 1.59. The van der Waals surface area contributed by atoms with Crippen LogP contribution in [-0.4, -0.2) is 6.54 Å². The molecule has 0 radical (unpaired) electrons. The number of halogens is 1. The molecule has 0 fully saturated rings. The third-order valence-electron chi connectivity index (χ3n) is 4.42. The number of hydrogen-bond acceptors (Lipinski definition) is 2. The van der Waals surface area contributed by atoms with Crippen molar-refractivity contribution < 1.29 is 4.39 Å². The Balaban J connectivity index is 1.96. The molecule has 1 N–H and O–H groups in total. The first kappa shape index (κ1) is 12.8. The maximum Gasteiger partial charge on any atom is 0.126 e. The molecule has 1 aliphatic rings. The molecule has 0 spiro atoms. The summed E-state index contributed by atoms with van der Waals surface area (Å²) in [4.78, 5) is 0. The number of nitrogens with one attached hydrogen (secondary N) is 1. The Bertz CT molecular complexity index is 926. The average Bonchev–Trinajstić information content (AvgIpc) is 2.93. The highest BCUT2D eigenvalue weighted by Gasteiger charge is 2.41. The van der Waals surface area contributed by atoms with Crippen LogP contribution in [0.4, 0.5) is 10.1 Å². The van der Waals surface area contributed by atoms with E-state index in [9.17, 15) is 9.65 Å². The average molecular weight is 288 g/mol. The number of nitriles is 1. The summed E-state index contributed by atoms with van der Waals surface area (Å²) in [5.74, 6) is -0.317. The van der Waals surface area contributed by atoms with E-state index in [0.29, 0.717) is 12.1 Å². The summed E-state index contributed by atoms with van der Waals surface area (Å²) in [6, 6.07) is 21.0. The molecule has 0 aliphatic carbocycles. The molecule has 22 heavy (non-hydrogen) atoms. The van der Waals surface area contributed by atoms with Gasteiger partial charge in [0.05, 0.1) is 6.07 Å². The van der Waals surface area contributed by atoms with Crippen LogP contribution < -0.4 is 5.32 Å². The van der Waals surface area contributed by atoms with E-state index in [0.717, 1.165) is 22.0 Å². The van der Waals surface area contributed by atoms with Crippen LogP contribution in [-0.2, 0) is 5.41 Å². The van der Waals surface area contributed by atoms with Crippen molar-refractivity contribution >= 4 is 16.5 Å². The lowest BCUT2D eigenvalue weighted by Gasteiger charge is -2.22. The van der Waals surface area contributed by atoms with Gasteiger partial charge in [-0.15, -0.1) is 0 Å². The molecular weight excluding hydrogens is 275 g/mol. The monoisotopic (exact) mass is 288 g/mol. The van der Waals surface area contributed by atoms with Gasteiger partial charge in [0, 0.05) is 17.8 Å². The highest BCUT2D eigenvalue weighted by atomic mass is 19.1. The maximum absolute atomic E-state index is 13.7. The predicted molar refractivity (Wildman–Crippen MR) is 85.2 cm³/mol. The molecule has 2 nitrogen and oxygen atoms in total. The fraction of sp³-hybridized carbons (Fsp3) is 0.105. The SMILES string of the molecule is N#C[C@@]1(c2ccc3ccccc3c2)CNc2ccc(F)cc21. The lowest BCUT2D eigenvalue weighted by molar-refractivity contribution is 0.621. The summed E-state index contributed by atoms with van der Waals surface area (Å²) in [5, 5.41) is 15.3. The van der Waals surface area contributed by atoms with Crippen molar-refractivity contribution in [3.05, 3.63) is 77.6 Å². The molecule has 0 aromatic heterocycles. The Morgan fingerprint density at radius 3 is 2.64 bits per heavy atom. The summed E-state index contributed by atoms with van der Waals surface area (Å²) < 4.78 is 13.7. The molecule has 1 atom stereocenters. The molecule has 1 heterocycles. The summed E-state index contributed by atoms with van der Waals surface area (Å²) in [6.07, 6.45) is 0. The number of rotatable bonds is 1. The van der Waals surface area contributed by atoms with E-state index >= 15 is 0 Å². The zero-order valence-corrected chi connectivity index (χ0v) is 11.8. The van der Waals surface area contributed by atoms with Gasteiger partial charge in [-0.2, -0.15) is 5.26 Å². The van der Waals surface area contributed by atoms with Gasteiger partial charge < -0.3 is 5.32 Å². The van der Waals surface area contributed by atoms with Crippen molar-refractivity contribution in [1.82, 2.24) is 0 Å². The minimum absolute atomic E-state index is 0.317. The molecule has 1 aliphatic heterocycles. The van der Waals surface area contributed by atoms with Gasteiger partial charge in [0.25, 0.3) is 0 Å². The minimum Gasteiger partial charge on any atom is -0.382 e. The Labute approximate surface area is 127 Å². The third-order valence-corrected chi connectivity index (χ3v) is 4.42. The first-order valence-electron chi connectivity index (χ1n) is 7.17. The third kappa shape index (κ3) is 1.71. The fourth-order valence-corrected chi connectivity index (χ4v) is 3.22. The highest BCUT2D eigenvalue weighted by molar-refractivity contribution is 5.84. The van der Waals surface area contributed by atoms with E-state index in [1.807, 2.05) is 42.5 Å². The Morgan fingerprint density at radius 1 is 1.00 bits per heavy atom. The minimum atomic E-state index is -0.846. The summed E-state index contributed by atoms with van der Waals surface area (Å²) in [7, 11) is 0. The van der Waals surface area contributed by atoms with Crippen molar-refractivity contribution in [2.24, 2.45) is 0 Å². The Morgan fingerprint density at radius 2 is 1.82 bits per heavy atom. The van der Waals surface area contributed by atoms with Gasteiger partial charge in [0.1, 0.15) is 11.2 Å². The van der Waals surface area contributed by atoms with Crippen LogP contribution in [0.1, 0.15) is 11.1 Å². The first-order chi connectivity index (χ1) is 10.7. The fourth-order valence-electron chi connectivity index (χ4n) is 3.22. The van der Waals surface area contributed by atoms with Crippen LogP contribution in [0.25, 0.3) is 10.8 Å². The quantitative estimate of drug-likeness (QED) is 0.728. The molecule has 4 rings (SSSR count). The second-order valence-corrected chi connectivity index (χ2v) is 5.62. The van der Waals surface area contributed by atoms with Crippen molar-refractivity contribution in [1.29, 1.82) is 5.26 Å². The molecule has 3 heteroatoms. The number of hydrogen-bond donors (Lipinski definition) is 1. The van der Waals surface area contributed by atoms with Crippen LogP contribution in [0.5, 0.6) is 0 Å². The molecule has 0 unspecified atom stereocenters. The molecule has 0 saturated heterocycles. The van der Waals surface area contributed by atoms with E-state index in [2.05, 4.69) is 11.4 Å². The molecule has 0 saturated carbocycles. The largest absolute Gasteiger partial charge is 0.382 e. The molecular formula is C19H13FN2. The van der Waals surface area contributed by atoms with Crippen molar-refractivity contribution in [3.63, 3.8) is 0 Å². The first-order valence-corrected chi connectivity index (χ1v) is 7.17. The topological polar surface area (TPSA) is 35.8 Å². The smallest absolute Gasteiger partial charge is 0.126 e. The van der Waals surface area contributed by atoms with Gasteiger partial charge in [-0.1, -0.05) is 36.4 Å². The second kappa shape index (κ2) is 4.57. The number of benzene rings is 3. The van der Waals surface area contributed by atoms with Crippen LogP contribution >= 0.6 is 0 Å². The number of anilines is 1. The molecule has 3 aromatic rings. The van der Waals surface area contributed by atoms with Crippen molar-refractivity contribution in [3.8, 4) is 6.07 Å². The predicted octanol–water partition coefficient (Wildman–Crippen LogP) is 4.21. The van der Waals surface area contributed by atoms with E-state index in [-0.39, 0.29) is 5.82 Å². The zero-order valence-electron chi connectivity index (χ0n) is 11.8. The van der Waals surface area contributed by atoms with Crippen LogP contribution in [0.2, 0.25) is 0 Å². The van der Waals surface area contributed by atoms with E-state index in [4.69, 9.17) is 0 Å². The van der Waals surface area contributed by atoms with E-state index in [1.165, 1.54) is 12.1 Å². The lowest BCUT2D eigenvalue weighted by Crippen LogP contribution is -2.28. The van der Waals surface area contributed by atoms with Gasteiger partial charge in [-0.25, -0.2) is 4.39 Å². The molecule has 3 aromatic carbocycles. The van der Waals surface area contributed by atoms with E-state index in [1.54, 1.807) is 6.07 Å². The van der Waals surface area contributed by atoms with Gasteiger partial charge in [0.2, 0.25) is 0 Å². The standard InChI is InChI=1S/C19H13FN2/c20-16-7-8-18-17(10-16)19(11-21,12-22-18)15-6-5-13-3-1-2-4-14(13)9-15/h1-10,22H,12H2/t19-/m0/s1. The van der Waals surface area contributed by atoms with Gasteiger partial charge in [-0.05, 0) is 40.6 Å². The maximum atomic E-state index is 13.7. The van der Waals surface area contributed by atoms with Crippen LogP contribution in [0, 0.1) is 17.1 Å².